The molecule has 3 N–H and O–H groups in total. The van der Waals surface area contributed by atoms with Crippen molar-refractivity contribution in [3.8, 4) is 0 Å². The zero-order valence-electron chi connectivity index (χ0n) is 6.97. The van der Waals surface area contributed by atoms with Gasteiger partial charge in [-0.15, -0.1) is 0 Å². The van der Waals surface area contributed by atoms with Gasteiger partial charge in [-0.3, -0.25) is 0 Å². The van der Waals surface area contributed by atoms with Crippen LogP contribution in [0, 0.1) is 0 Å². The molecule has 4 heteroatoms. The summed E-state index contributed by atoms with van der Waals surface area (Å²) in [4.78, 5) is 4.13. The second-order valence-corrected chi connectivity index (χ2v) is 2.81. The number of hydrogen-bond donors (Lipinski definition) is 2. The summed E-state index contributed by atoms with van der Waals surface area (Å²) < 4.78 is 5.32. The first-order valence-electron chi connectivity index (χ1n) is 4.03. The molecule has 2 aromatic rings. The Bertz CT molecular complexity index is 378. The highest BCUT2D eigenvalue weighted by Gasteiger charge is 2.11. The van der Waals surface area contributed by atoms with E-state index in [1.54, 1.807) is 0 Å². The molecule has 0 saturated carbocycles. The molecule has 1 atom stereocenters. The van der Waals surface area contributed by atoms with E-state index in [0.29, 0.717) is 11.5 Å². The van der Waals surface area contributed by atoms with Gasteiger partial charge in [0, 0.05) is 0 Å². The quantitative estimate of drug-likeness (QED) is 0.714. The van der Waals surface area contributed by atoms with Gasteiger partial charge in [-0.2, -0.15) is 0 Å². The SMILES string of the molecule is NC(CO)c1nc2ccccc2o1. The lowest BCUT2D eigenvalue weighted by Gasteiger charge is -1.99. The van der Waals surface area contributed by atoms with Crippen LogP contribution in [0.1, 0.15) is 11.9 Å². The zero-order valence-corrected chi connectivity index (χ0v) is 6.97. The van der Waals surface area contributed by atoms with Gasteiger partial charge in [-0.25, -0.2) is 4.98 Å². The standard InChI is InChI=1S/C9H10N2O2/c10-6(5-12)9-11-7-3-1-2-4-8(7)13-9/h1-4,6,12H,5,10H2. The Morgan fingerprint density at radius 1 is 1.46 bits per heavy atom. The van der Waals surface area contributed by atoms with Gasteiger partial charge in [0.25, 0.3) is 0 Å². The summed E-state index contributed by atoms with van der Waals surface area (Å²) in [5.41, 5.74) is 7.01. The molecule has 0 spiro atoms. The second-order valence-electron chi connectivity index (χ2n) is 2.81. The molecule has 0 saturated heterocycles. The third-order valence-corrected chi connectivity index (χ3v) is 1.82. The molecular weight excluding hydrogens is 168 g/mol. The van der Waals surface area contributed by atoms with E-state index in [4.69, 9.17) is 15.3 Å². The maximum Gasteiger partial charge on any atom is 0.214 e. The molecule has 2 rings (SSSR count). The van der Waals surface area contributed by atoms with Gasteiger partial charge in [-0.05, 0) is 12.1 Å². The minimum Gasteiger partial charge on any atom is -0.439 e. The lowest BCUT2D eigenvalue weighted by molar-refractivity contribution is 0.250. The van der Waals surface area contributed by atoms with Crippen LogP contribution < -0.4 is 5.73 Å². The molecule has 0 fully saturated rings. The fraction of sp³-hybridized carbons (Fsp3) is 0.222. The van der Waals surface area contributed by atoms with Crippen LogP contribution >= 0.6 is 0 Å². The fourth-order valence-corrected chi connectivity index (χ4v) is 1.13. The number of rotatable bonds is 2. The van der Waals surface area contributed by atoms with Crippen molar-refractivity contribution in [3.63, 3.8) is 0 Å². The van der Waals surface area contributed by atoms with E-state index < -0.39 is 6.04 Å². The highest BCUT2D eigenvalue weighted by Crippen LogP contribution is 2.17. The predicted octanol–water partition coefficient (Wildman–Crippen LogP) is 0.820. The number of para-hydroxylation sites is 2. The van der Waals surface area contributed by atoms with Crippen molar-refractivity contribution in [1.82, 2.24) is 4.98 Å². The molecule has 0 aliphatic rings. The monoisotopic (exact) mass is 178 g/mol. The van der Waals surface area contributed by atoms with Crippen LogP contribution in [0.5, 0.6) is 0 Å². The van der Waals surface area contributed by atoms with Gasteiger partial charge in [-0.1, -0.05) is 12.1 Å². The zero-order chi connectivity index (χ0) is 9.26. The summed E-state index contributed by atoms with van der Waals surface area (Å²) in [6, 6.07) is 6.86. The van der Waals surface area contributed by atoms with Crippen molar-refractivity contribution in [1.29, 1.82) is 0 Å². The summed E-state index contributed by atoms with van der Waals surface area (Å²) in [5, 5.41) is 8.79. The van der Waals surface area contributed by atoms with Crippen LogP contribution in [0.2, 0.25) is 0 Å². The Morgan fingerprint density at radius 2 is 2.23 bits per heavy atom. The summed E-state index contributed by atoms with van der Waals surface area (Å²) in [7, 11) is 0. The summed E-state index contributed by atoms with van der Waals surface area (Å²) >= 11 is 0. The van der Waals surface area contributed by atoms with Crippen molar-refractivity contribution >= 4 is 11.1 Å². The molecule has 0 radical (unpaired) electrons. The summed E-state index contributed by atoms with van der Waals surface area (Å²) in [6.07, 6.45) is 0. The number of nitrogens with two attached hydrogens (primary N) is 1. The molecule has 1 unspecified atom stereocenters. The van der Waals surface area contributed by atoms with E-state index in [0.717, 1.165) is 5.52 Å². The van der Waals surface area contributed by atoms with E-state index in [2.05, 4.69) is 4.98 Å². The minimum absolute atomic E-state index is 0.160. The van der Waals surface area contributed by atoms with E-state index >= 15 is 0 Å². The van der Waals surface area contributed by atoms with Gasteiger partial charge in [0.05, 0.1) is 6.61 Å². The molecule has 0 amide bonds. The first-order valence-corrected chi connectivity index (χ1v) is 4.03. The van der Waals surface area contributed by atoms with Crippen LogP contribution in [0.4, 0.5) is 0 Å². The maximum atomic E-state index is 8.79. The first-order chi connectivity index (χ1) is 6.31. The Hall–Kier alpha value is -1.39. The molecule has 1 aromatic carbocycles. The Labute approximate surface area is 75.0 Å². The largest absolute Gasteiger partial charge is 0.439 e. The molecule has 1 heterocycles. The van der Waals surface area contributed by atoms with E-state index in [1.807, 2.05) is 24.3 Å². The van der Waals surface area contributed by atoms with Crippen molar-refractivity contribution in [3.05, 3.63) is 30.2 Å². The predicted molar refractivity (Wildman–Crippen MR) is 48.0 cm³/mol. The van der Waals surface area contributed by atoms with Crippen molar-refractivity contribution in [2.45, 2.75) is 6.04 Å². The normalized spacial score (nSPS) is 13.4. The van der Waals surface area contributed by atoms with Crippen LogP contribution in [-0.2, 0) is 0 Å². The molecule has 68 valence electrons. The van der Waals surface area contributed by atoms with E-state index in [9.17, 15) is 0 Å². The highest BCUT2D eigenvalue weighted by molar-refractivity contribution is 5.72. The Kier molecular flexibility index (Phi) is 2.00. The van der Waals surface area contributed by atoms with Crippen molar-refractivity contribution < 1.29 is 9.52 Å². The average Bonchev–Trinajstić information content (AvgIpc) is 2.59. The number of aliphatic hydroxyl groups excluding tert-OH is 1. The van der Waals surface area contributed by atoms with Crippen LogP contribution in [-0.4, -0.2) is 16.7 Å². The second kappa shape index (κ2) is 3.16. The number of hydrogen-bond acceptors (Lipinski definition) is 4. The average molecular weight is 178 g/mol. The van der Waals surface area contributed by atoms with Crippen LogP contribution in [0.25, 0.3) is 11.1 Å². The lowest BCUT2D eigenvalue weighted by atomic mass is 10.3. The number of aliphatic hydroxyl groups is 1. The third-order valence-electron chi connectivity index (χ3n) is 1.82. The van der Waals surface area contributed by atoms with Crippen LogP contribution in [0.3, 0.4) is 0 Å². The third kappa shape index (κ3) is 1.41. The minimum atomic E-state index is -0.535. The number of benzene rings is 1. The lowest BCUT2D eigenvalue weighted by Crippen LogP contribution is -2.14. The van der Waals surface area contributed by atoms with Gasteiger partial charge in [0.2, 0.25) is 5.89 Å². The summed E-state index contributed by atoms with van der Waals surface area (Å²) in [6.45, 7) is -0.160. The number of aromatic nitrogens is 1. The van der Waals surface area contributed by atoms with Gasteiger partial charge in [0.1, 0.15) is 11.6 Å². The van der Waals surface area contributed by atoms with E-state index in [1.165, 1.54) is 0 Å². The van der Waals surface area contributed by atoms with Crippen molar-refractivity contribution in [2.24, 2.45) is 5.73 Å². The molecule has 4 nitrogen and oxygen atoms in total. The first kappa shape index (κ1) is 8.22. The van der Waals surface area contributed by atoms with E-state index in [-0.39, 0.29) is 6.61 Å². The maximum absolute atomic E-state index is 8.79. The number of nitrogens with zero attached hydrogens (tertiary/aromatic N) is 1. The van der Waals surface area contributed by atoms with Gasteiger partial charge >= 0.3 is 0 Å². The Morgan fingerprint density at radius 3 is 2.92 bits per heavy atom. The molecule has 13 heavy (non-hydrogen) atoms. The topological polar surface area (TPSA) is 72.3 Å². The molecule has 0 aliphatic heterocycles. The smallest absolute Gasteiger partial charge is 0.214 e. The van der Waals surface area contributed by atoms with Crippen molar-refractivity contribution in [2.75, 3.05) is 6.61 Å². The number of oxazole rings is 1. The highest BCUT2D eigenvalue weighted by atomic mass is 16.4. The molecular formula is C9H10N2O2. The van der Waals surface area contributed by atoms with Crippen LogP contribution in [0.15, 0.2) is 28.7 Å². The number of fused-ring (bicyclic) bond motifs is 1. The van der Waals surface area contributed by atoms with Gasteiger partial charge in [0.15, 0.2) is 5.58 Å². The molecule has 0 aliphatic carbocycles. The molecule has 1 aromatic heterocycles. The van der Waals surface area contributed by atoms with Gasteiger partial charge < -0.3 is 15.3 Å². The summed E-state index contributed by atoms with van der Waals surface area (Å²) in [5.74, 6) is 0.378. The fourth-order valence-electron chi connectivity index (χ4n) is 1.13. The Balaban J connectivity index is 2.49. The molecule has 0 bridgehead atoms.